The molecule has 17 heavy (non-hydrogen) atoms. The minimum absolute atomic E-state index is 0.0160. The van der Waals surface area contributed by atoms with Crippen LogP contribution in [0.1, 0.15) is 17.3 Å². The van der Waals surface area contributed by atoms with E-state index >= 15 is 0 Å². The molecule has 7 heteroatoms. The molecule has 0 aromatic heterocycles. The lowest BCUT2D eigenvalue weighted by molar-refractivity contribution is -0.0509. The zero-order valence-electron chi connectivity index (χ0n) is 8.88. The lowest BCUT2D eigenvalue weighted by Crippen LogP contribution is -2.13. The van der Waals surface area contributed by atoms with Gasteiger partial charge >= 0.3 is 12.6 Å². The molecule has 0 saturated carbocycles. The Labute approximate surface area is 105 Å². The maximum Gasteiger partial charge on any atom is 0.387 e. The van der Waals surface area contributed by atoms with E-state index in [2.05, 4.69) is 20.7 Å². The fraction of sp³-hybridized carbons (Fsp3) is 0.300. The Hall–Kier alpha value is -1.37. The monoisotopic (exact) mass is 309 g/mol. The number of benzene rings is 1. The largest absolute Gasteiger partial charge is 0.462 e. The minimum atomic E-state index is -3.05. The number of carbonyl (C=O) groups excluding carboxylic acids is 1. The van der Waals surface area contributed by atoms with Crippen molar-refractivity contribution in [2.24, 2.45) is 0 Å². The molecule has 0 spiro atoms. The summed E-state index contributed by atoms with van der Waals surface area (Å²) < 4.78 is 33.6. The van der Waals surface area contributed by atoms with Gasteiger partial charge in [0, 0.05) is 0 Å². The van der Waals surface area contributed by atoms with Gasteiger partial charge in [-0.25, -0.2) is 4.79 Å². The van der Waals surface area contributed by atoms with Gasteiger partial charge in [-0.05, 0) is 35.0 Å². The van der Waals surface area contributed by atoms with Gasteiger partial charge in [-0.3, -0.25) is 0 Å². The van der Waals surface area contributed by atoms with Crippen LogP contribution in [0.25, 0.3) is 0 Å². The van der Waals surface area contributed by atoms with Crippen molar-refractivity contribution < 1.29 is 23.0 Å². The molecule has 0 aliphatic carbocycles. The molecule has 0 atom stereocenters. The predicted molar refractivity (Wildman–Crippen MR) is 61.1 cm³/mol. The maximum absolute atomic E-state index is 12.2. The molecule has 0 aliphatic rings. The number of alkyl halides is 2. The van der Waals surface area contributed by atoms with Gasteiger partial charge in [-0.1, -0.05) is 0 Å². The number of esters is 1. The van der Waals surface area contributed by atoms with Crippen LogP contribution in [0.4, 0.5) is 14.5 Å². The molecular weight excluding hydrogens is 300 g/mol. The van der Waals surface area contributed by atoms with E-state index in [1.165, 1.54) is 12.1 Å². The first kappa shape index (κ1) is 13.7. The number of hydrogen-bond acceptors (Lipinski definition) is 4. The van der Waals surface area contributed by atoms with Crippen molar-refractivity contribution in [3.8, 4) is 5.75 Å². The zero-order chi connectivity index (χ0) is 13.0. The third-order valence-corrected chi connectivity index (χ3v) is 2.45. The number of anilines is 1. The van der Waals surface area contributed by atoms with Crippen molar-refractivity contribution in [2.45, 2.75) is 13.5 Å². The smallest absolute Gasteiger partial charge is 0.387 e. The van der Waals surface area contributed by atoms with Crippen LogP contribution in [-0.2, 0) is 4.74 Å². The molecule has 1 rings (SSSR count). The first-order chi connectivity index (χ1) is 7.97. The number of rotatable bonds is 4. The third kappa shape index (κ3) is 3.29. The second-order valence-corrected chi connectivity index (χ2v) is 3.79. The van der Waals surface area contributed by atoms with Crippen LogP contribution in [0, 0.1) is 0 Å². The Bertz CT molecular complexity index is 426. The number of ether oxygens (including phenoxy) is 2. The molecule has 0 unspecified atom stereocenters. The van der Waals surface area contributed by atoms with Crippen LogP contribution in [0.3, 0.4) is 0 Å². The van der Waals surface area contributed by atoms with Crippen LogP contribution in [-0.4, -0.2) is 19.2 Å². The van der Waals surface area contributed by atoms with Gasteiger partial charge in [0.1, 0.15) is 5.56 Å². The molecule has 0 heterocycles. The Morgan fingerprint density at radius 3 is 2.71 bits per heavy atom. The van der Waals surface area contributed by atoms with E-state index in [-0.39, 0.29) is 28.1 Å². The summed E-state index contributed by atoms with van der Waals surface area (Å²) in [6.45, 7) is -1.35. The first-order valence-electron chi connectivity index (χ1n) is 4.67. The Morgan fingerprint density at radius 2 is 2.18 bits per heavy atom. The Balaban J connectivity index is 3.24. The maximum atomic E-state index is 12.2. The number of carbonyl (C=O) groups is 1. The molecule has 0 bridgehead atoms. The summed E-state index contributed by atoms with van der Waals surface area (Å²) in [5.74, 6) is -1.12. The highest BCUT2D eigenvalue weighted by Crippen LogP contribution is 2.34. The number of nitrogen functional groups attached to an aromatic ring is 1. The summed E-state index contributed by atoms with van der Waals surface area (Å²) in [6.07, 6.45) is 0. The minimum Gasteiger partial charge on any atom is -0.462 e. The van der Waals surface area contributed by atoms with Crippen molar-refractivity contribution in [3.63, 3.8) is 0 Å². The van der Waals surface area contributed by atoms with Crippen LogP contribution in [0.5, 0.6) is 5.75 Å². The molecule has 0 amide bonds. The Kier molecular flexibility index (Phi) is 4.68. The second-order valence-electron chi connectivity index (χ2n) is 2.94. The van der Waals surface area contributed by atoms with Crippen LogP contribution >= 0.6 is 15.9 Å². The molecule has 0 saturated heterocycles. The van der Waals surface area contributed by atoms with E-state index in [4.69, 9.17) is 10.5 Å². The van der Waals surface area contributed by atoms with Crippen LogP contribution in [0.2, 0.25) is 0 Å². The first-order valence-corrected chi connectivity index (χ1v) is 5.46. The Morgan fingerprint density at radius 1 is 1.53 bits per heavy atom. The number of hydrogen-bond donors (Lipinski definition) is 1. The lowest BCUT2D eigenvalue weighted by atomic mass is 10.1. The summed E-state index contributed by atoms with van der Waals surface area (Å²) in [5.41, 5.74) is 5.36. The van der Waals surface area contributed by atoms with E-state index < -0.39 is 12.6 Å². The molecule has 0 fully saturated rings. The van der Waals surface area contributed by atoms with Gasteiger partial charge < -0.3 is 15.2 Å². The standard InChI is InChI=1S/C10H10BrF2NO3/c1-2-16-9(15)7-6(14)4-3-5(11)8(7)17-10(12)13/h3-4,10H,2,14H2,1H3. The third-order valence-electron chi connectivity index (χ3n) is 1.83. The van der Waals surface area contributed by atoms with Crippen molar-refractivity contribution in [3.05, 3.63) is 22.2 Å². The molecule has 1 aromatic carbocycles. The summed E-state index contributed by atoms with van der Waals surface area (Å²) in [5, 5.41) is 0. The molecular formula is C10H10BrF2NO3. The number of nitrogens with two attached hydrogens (primary N) is 1. The molecule has 0 aliphatic heterocycles. The van der Waals surface area contributed by atoms with Gasteiger partial charge in [0.2, 0.25) is 0 Å². The molecule has 1 aromatic rings. The number of halogens is 3. The average molecular weight is 310 g/mol. The summed E-state index contributed by atoms with van der Waals surface area (Å²) >= 11 is 3.01. The van der Waals surface area contributed by atoms with Crippen molar-refractivity contribution >= 4 is 27.6 Å². The van der Waals surface area contributed by atoms with E-state index in [1.807, 2.05) is 0 Å². The quantitative estimate of drug-likeness (QED) is 0.686. The van der Waals surface area contributed by atoms with E-state index in [9.17, 15) is 13.6 Å². The normalized spacial score (nSPS) is 10.4. The van der Waals surface area contributed by atoms with Gasteiger partial charge in [0.15, 0.2) is 5.75 Å². The SMILES string of the molecule is CCOC(=O)c1c(N)ccc(Br)c1OC(F)F. The predicted octanol–water partition coefficient (Wildman–Crippen LogP) is 2.81. The molecule has 4 nitrogen and oxygen atoms in total. The summed E-state index contributed by atoms with van der Waals surface area (Å²) in [6, 6.07) is 2.81. The molecule has 94 valence electrons. The zero-order valence-corrected chi connectivity index (χ0v) is 10.5. The lowest BCUT2D eigenvalue weighted by Gasteiger charge is -2.13. The second kappa shape index (κ2) is 5.81. The van der Waals surface area contributed by atoms with Crippen molar-refractivity contribution in [1.82, 2.24) is 0 Å². The van der Waals surface area contributed by atoms with Crippen LogP contribution in [0.15, 0.2) is 16.6 Å². The van der Waals surface area contributed by atoms with Gasteiger partial charge in [-0.2, -0.15) is 8.78 Å². The van der Waals surface area contributed by atoms with E-state index in [0.717, 1.165) is 0 Å². The summed E-state index contributed by atoms with van der Waals surface area (Å²) in [4.78, 5) is 11.6. The van der Waals surface area contributed by atoms with Crippen molar-refractivity contribution in [2.75, 3.05) is 12.3 Å². The van der Waals surface area contributed by atoms with Crippen LogP contribution < -0.4 is 10.5 Å². The van der Waals surface area contributed by atoms with Gasteiger partial charge in [-0.15, -0.1) is 0 Å². The van der Waals surface area contributed by atoms with E-state index in [0.29, 0.717) is 0 Å². The van der Waals surface area contributed by atoms with Crippen molar-refractivity contribution in [1.29, 1.82) is 0 Å². The highest BCUT2D eigenvalue weighted by atomic mass is 79.9. The summed E-state index contributed by atoms with van der Waals surface area (Å²) in [7, 11) is 0. The average Bonchev–Trinajstić information content (AvgIpc) is 2.23. The highest BCUT2D eigenvalue weighted by molar-refractivity contribution is 9.10. The molecule has 2 N–H and O–H groups in total. The topological polar surface area (TPSA) is 61.5 Å². The van der Waals surface area contributed by atoms with Gasteiger partial charge in [0.25, 0.3) is 0 Å². The van der Waals surface area contributed by atoms with Gasteiger partial charge in [0.05, 0.1) is 16.8 Å². The fourth-order valence-corrected chi connectivity index (χ4v) is 1.61. The van der Waals surface area contributed by atoms with E-state index in [1.54, 1.807) is 6.92 Å². The molecule has 0 radical (unpaired) electrons. The fourth-order valence-electron chi connectivity index (χ4n) is 1.19. The highest BCUT2D eigenvalue weighted by Gasteiger charge is 2.22.